The van der Waals surface area contributed by atoms with Crippen LogP contribution in [0, 0.1) is 4.77 Å². The number of aromatic amines is 1. The highest BCUT2D eigenvalue weighted by atomic mass is 32.2. The Bertz CT molecular complexity index is 360. The molecule has 1 aromatic rings. The first-order valence-electron chi connectivity index (χ1n) is 4.24. The predicted molar refractivity (Wildman–Crippen MR) is 53.6 cm³/mol. The minimum absolute atomic E-state index is 0.393. The van der Waals surface area contributed by atoms with E-state index in [1.165, 1.54) is 0 Å². The maximum atomic E-state index is 11.1. The largest absolute Gasteiger partial charge is 0.304 e. The highest BCUT2D eigenvalue weighted by Crippen LogP contribution is 2.21. The van der Waals surface area contributed by atoms with Gasteiger partial charge in [-0.25, -0.2) is 0 Å². The van der Waals surface area contributed by atoms with Crippen LogP contribution in [0.5, 0.6) is 0 Å². The molecule has 4 nitrogen and oxygen atoms in total. The van der Waals surface area contributed by atoms with Gasteiger partial charge >= 0.3 is 0 Å². The van der Waals surface area contributed by atoms with Crippen LogP contribution in [-0.4, -0.2) is 30.5 Å². The fraction of sp³-hybridized carbons (Fsp3) is 0.714. The number of aromatic nitrogens is 3. The monoisotopic (exact) mass is 217 g/mol. The number of nitrogens with one attached hydrogen (secondary N) is 1. The zero-order valence-electron chi connectivity index (χ0n) is 7.10. The predicted octanol–water partition coefficient (Wildman–Crippen LogP) is 1.02. The van der Waals surface area contributed by atoms with E-state index in [-0.39, 0.29) is 0 Å². The Kier molecular flexibility index (Phi) is 2.59. The van der Waals surface area contributed by atoms with Crippen LogP contribution in [0.1, 0.15) is 18.9 Å². The van der Waals surface area contributed by atoms with E-state index in [1.54, 1.807) is 6.33 Å². The minimum atomic E-state index is -0.607. The number of rotatable bonds is 1. The Labute approximate surface area is 83.8 Å². The van der Waals surface area contributed by atoms with E-state index < -0.39 is 10.8 Å². The molecule has 6 heteroatoms. The van der Waals surface area contributed by atoms with Crippen molar-refractivity contribution < 1.29 is 4.21 Å². The molecule has 0 aromatic carbocycles. The van der Waals surface area contributed by atoms with Crippen LogP contribution >= 0.6 is 12.2 Å². The van der Waals surface area contributed by atoms with Gasteiger partial charge < -0.3 is 4.57 Å². The third-order valence-electron chi connectivity index (χ3n) is 2.33. The normalized spacial score (nSPS) is 28.9. The summed E-state index contributed by atoms with van der Waals surface area (Å²) < 4.78 is 13.7. The maximum Gasteiger partial charge on any atom is 0.195 e. The van der Waals surface area contributed by atoms with Gasteiger partial charge in [-0.3, -0.25) is 9.31 Å². The van der Waals surface area contributed by atoms with Crippen molar-refractivity contribution >= 4 is 23.0 Å². The van der Waals surface area contributed by atoms with Crippen LogP contribution in [0.3, 0.4) is 0 Å². The zero-order chi connectivity index (χ0) is 9.26. The zero-order valence-corrected chi connectivity index (χ0v) is 8.74. The van der Waals surface area contributed by atoms with Gasteiger partial charge in [0, 0.05) is 28.3 Å². The van der Waals surface area contributed by atoms with Crippen LogP contribution < -0.4 is 0 Å². The molecule has 0 unspecified atom stereocenters. The van der Waals surface area contributed by atoms with Gasteiger partial charge in [-0.2, -0.15) is 5.10 Å². The molecule has 0 bridgehead atoms. The summed E-state index contributed by atoms with van der Waals surface area (Å²) in [6, 6.07) is 0.393. The lowest BCUT2D eigenvalue weighted by molar-refractivity contribution is 0.456. The molecule has 1 aliphatic heterocycles. The molecule has 0 atom stereocenters. The molecule has 72 valence electrons. The molecule has 1 N–H and O–H groups in total. The summed E-state index contributed by atoms with van der Waals surface area (Å²) in [7, 11) is -0.607. The Morgan fingerprint density at radius 3 is 2.85 bits per heavy atom. The van der Waals surface area contributed by atoms with Crippen molar-refractivity contribution in [2.24, 2.45) is 0 Å². The molecule has 2 rings (SSSR count). The summed E-state index contributed by atoms with van der Waals surface area (Å²) in [4.78, 5) is 0. The van der Waals surface area contributed by atoms with Gasteiger partial charge in [0.2, 0.25) is 0 Å². The molecule has 0 amide bonds. The molecule has 1 aliphatic rings. The molecule has 0 aliphatic carbocycles. The summed E-state index contributed by atoms with van der Waals surface area (Å²) in [6.45, 7) is 0. The summed E-state index contributed by atoms with van der Waals surface area (Å²) >= 11 is 5.06. The van der Waals surface area contributed by atoms with Crippen molar-refractivity contribution in [1.29, 1.82) is 0 Å². The van der Waals surface area contributed by atoms with E-state index >= 15 is 0 Å². The Morgan fingerprint density at radius 2 is 2.31 bits per heavy atom. The standard InChI is InChI=1S/C7H11N3OS2/c11-13-3-1-6(2-4-13)10-5-8-9-7(10)12/h5-6H,1-4H2,(H,9,12). The molecule has 13 heavy (non-hydrogen) atoms. The average Bonchev–Trinajstić information content (AvgIpc) is 2.53. The summed E-state index contributed by atoms with van der Waals surface area (Å²) in [6.07, 6.45) is 3.61. The number of nitrogens with zero attached hydrogens (tertiary/aromatic N) is 2. The highest BCUT2D eigenvalue weighted by molar-refractivity contribution is 7.85. The van der Waals surface area contributed by atoms with Gasteiger partial charge in [-0.05, 0) is 25.1 Å². The number of H-pyrrole nitrogens is 1. The first-order valence-corrected chi connectivity index (χ1v) is 6.13. The van der Waals surface area contributed by atoms with E-state index in [9.17, 15) is 4.21 Å². The molecular formula is C7H11N3OS2. The summed E-state index contributed by atoms with van der Waals surface area (Å²) in [5.74, 6) is 1.58. The number of hydrogen-bond acceptors (Lipinski definition) is 3. The topological polar surface area (TPSA) is 50.7 Å². The fourth-order valence-electron chi connectivity index (χ4n) is 1.58. The van der Waals surface area contributed by atoms with Gasteiger partial charge in [0.05, 0.1) is 0 Å². The quantitative estimate of drug-likeness (QED) is 0.715. The summed E-state index contributed by atoms with van der Waals surface area (Å²) in [5, 5.41) is 6.60. The Balaban J connectivity index is 2.15. The van der Waals surface area contributed by atoms with Crippen LogP contribution in [0.15, 0.2) is 6.33 Å². The molecule has 1 fully saturated rings. The Hall–Kier alpha value is -0.490. The SMILES string of the molecule is O=S1CCC(n2cn[nH]c2=S)CC1. The van der Waals surface area contributed by atoms with Crippen molar-refractivity contribution in [2.75, 3.05) is 11.5 Å². The van der Waals surface area contributed by atoms with Crippen molar-refractivity contribution in [2.45, 2.75) is 18.9 Å². The lowest BCUT2D eigenvalue weighted by Crippen LogP contribution is -2.21. The molecular weight excluding hydrogens is 206 g/mol. The van der Waals surface area contributed by atoms with E-state index in [0.717, 1.165) is 24.3 Å². The van der Waals surface area contributed by atoms with Gasteiger partial charge in [-0.1, -0.05) is 0 Å². The molecule has 1 aromatic heterocycles. The van der Waals surface area contributed by atoms with Gasteiger partial charge in [-0.15, -0.1) is 0 Å². The molecule has 0 spiro atoms. The second-order valence-corrected chi connectivity index (χ2v) is 5.23. The smallest absolute Gasteiger partial charge is 0.195 e. The van der Waals surface area contributed by atoms with E-state index in [2.05, 4.69) is 10.2 Å². The minimum Gasteiger partial charge on any atom is -0.304 e. The number of hydrogen-bond donors (Lipinski definition) is 1. The first-order chi connectivity index (χ1) is 6.27. The fourth-order valence-corrected chi connectivity index (χ4v) is 3.10. The van der Waals surface area contributed by atoms with E-state index in [0.29, 0.717) is 10.8 Å². The highest BCUT2D eigenvalue weighted by Gasteiger charge is 2.19. The Morgan fingerprint density at radius 1 is 1.62 bits per heavy atom. The second-order valence-electron chi connectivity index (χ2n) is 3.15. The van der Waals surface area contributed by atoms with Crippen molar-refractivity contribution in [3.63, 3.8) is 0 Å². The molecule has 0 saturated carbocycles. The van der Waals surface area contributed by atoms with Crippen LogP contribution in [0.25, 0.3) is 0 Å². The molecule has 1 saturated heterocycles. The van der Waals surface area contributed by atoms with Crippen molar-refractivity contribution in [3.05, 3.63) is 11.1 Å². The average molecular weight is 217 g/mol. The van der Waals surface area contributed by atoms with Crippen molar-refractivity contribution in [1.82, 2.24) is 14.8 Å². The lowest BCUT2D eigenvalue weighted by atomic mass is 10.1. The van der Waals surface area contributed by atoms with Gasteiger partial charge in [0.1, 0.15) is 6.33 Å². The van der Waals surface area contributed by atoms with E-state index in [4.69, 9.17) is 12.2 Å². The third-order valence-corrected chi connectivity index (χ3v) is 4.01. The van der Waals surface area contributed by atoms with Crippen LogP contribution in [0.2, 0.25) is 0 Å². The molecule has 2 heterocycles. The third kappa shape index (κ3) is 1.88. The second kappa shape index (κ2) is 3.71. The van der Waals surface area contributed by atoms with E-state index in [1.807, 2.05) is 4.57 Å². The summed E-state index contributed by atoms with van der Waals surface area (Å²) in [5.41, 5.74) is 0. The first kappa shape index (κ1) is 9.08. The van der Waals surface area contributed by atoms with Gasteiger partial charge in [0.25, 0.3) is 0 Å². The maximum absolute atomic E-state index is 11.1. The lowest BCUT2D eigenvalue weighted by Gasteiger charge is -2.21. The molecule has 0 radical (unpaired) electrons. The van der Waals surface area contributed by atoms with Crippen LogP contribution in [0.4, 0.5) is 0 Å². The van der Waals surface area contributed by atoms with Crippen LogP contribution in [-0.2, 0) is 10.8 Å². The van der Waals surface area contributed by atoms with Crippen molar-refractivity contribution in [3.8, 4) is 0 Å². The van der Waals surface area contributed by atoms with Gasteiger partial charge in [0.15, 0.2) is 4.77 Å².